The second-order valence-corrected chi connectivity index (χ2v) is 5.07. The van der Waals surface area contributed by atoms with Gasteiger partial charge in [0.25, 0.3) is 5.69 Å². The molecule has 7 nitrogen and oxygen atoms in total. The number of piperazine rings is 1. The summed E-state index contributed by atoms with van der Waals surface area (Å²) in [4.78, 5) is 25.6. The number of aromatic carboxylic acids is 1. The summed E-state index contributed by atoms with van der Waals surface area (Å²) in [6, 6.07) is 4.51. The smallest absolute Gasteiger partial charge is 0.342 e. The van der Waals surface area contributed by atoms with Gasteiger partial charge in [0.15, 0.2) is 0 Å². The zero-order valence-corrected chi connectivity index (χ0v) is 11.4. The summed E-state index contributed by atoms with van der Waals surface area (Å²) in [5.41, 5.74) is 0.0789. The number of carbonyl (C=O) groups is 1. The fourth-order valence-electron chi connectivity index (χ4n) is 2.56. The number of nitro groups is 1. The maximum absolute atomic E-state index is 11.2. The fourth-order valence-corrected chi connectivity index (χ4v) is 2.56. The van der Waals surface area contributed by atoms with Crippen molar-refractivity contribution in [2.45, 2.75) is 13.0 Å². The number of hydrogen-bond acceptors (Lipinski definition) is 5. The van der Waals surface area contributed by atoms with E-state index in [4.69, 9.17) is 5.11 Å². The van der Waals surface area contributed by atoms with Gasteiger partial charge in [0, 0.05) is 37.4 Å². The van der Waals surface area contributed by atoms with Gasteiger partial charge in [-0.1, -0.05) is 0 Å². The van der Waals surface area contributed by atoms with Crippen molar-refractivity contribution >= 4 is 17.3 Å². The van der Waals surface area contributed by atoms with E-state index in [0.717, 1.165) is 19.6 Å². The molecule has 2 rings (SSSR count). The number of rotatable bonds is 3. The molecule has 7 heteroatoms. The molecule has 1 aromatic rings. The average molecular weight is 279 g/mol. The van der Waals surface area contributed by atoms with Gasteiger partial charge in [-0.25, -0.2) is 4.79 Å². The first kappa shape index (κ1) is 14.3. The highest BCUT2D eigenvalue weighted by molar-refractivity contribution is 5.93. The first-order valence-corrected chi connectivity index (χ1v) is 6.37. The monoisotopic (exact) mass is 279 g/mol. The fraction of sp³-hybridized carbons (Fsp3) is 0.462. The summed E-state index contributed by atoms with van der Waals surface area (Å²) in [6.45, 7) is 4.58. The van der Waals surface area contributed by atoms with E-state index in [1.54, 1.807) is 6.07 Å². The molecular weight excluding hydrogens is 262 g/mol. The molecular formula is C13H17N3O4. The second kappa shape index (κ2) is 5.46. The van der Waals surface area contributed by atoms with Crippen molar-refractivity contribution in [1.82, 2.24) is 4.90 Å². The van der Waals surface area contributed by atoms with Crippen molar-refractivity contribution in [2.75, 3.05) is 31.6 Å². The number of hydrogen-bond donors (Lipinski definition) is 1. The van der Waals surface area contributed by atoms with Gasteiger partial charge in [0.2, 0.25) is 0 Å². The molecule has 1 saturated heterocycles. The third-order valence-electron chi connectivity index (χ3n) is 3.57. The minimum absolute atomic E-state index is 0.233. The normalized spacial score (nSPS) is 19.9. The summed E-state index contributed by atoms with van der Waals surface area (Å²) >= 11 is 0. The van der Waals surface area contributed by atoms with E-state index < -0.39 is 10.9 Å². The lowest BCUT2D eigenvalue weighted by Gasteiger charge is -2.39. The largest absolute Gasteiger partial charge is 0.477 e. The van der Waals surface area contributed by atoms with Crippen LogP contribution < -0.4 is 4.90 Å². The molecule has 0 spiro atoms. The SMILES string of the molecule is C[C@@H]1CN(C)CCN1c1ccc([N+](=O)[O-])c(C(=O)O)c1. The van der Waals surface area contributed by atoms with Gasteiger partial charge in [0.1, 0.15) is 5.56 Å². The predicted octanol–water partition coefficient (Wildman–Crippen LogP) is 1.43. The molecule has 1 aromatic carbocycles. The molecule has 108 valence electrons. The number of nitrogens with zero attached hydrogens (tertiary/aromatic N) is 3. The predicted molar refractivity (Wildman–Crippen MR) is 74.4 cm³/mol. The van der Waals surface area contributed by atoms with Crippen LogP contribution in [0.3, 0.4) is 0 Å². The van der Waals surface area contributed by atoms with E-state index in [1.165, 1.54) is 12.1 Å². The van der Waals surface area contributed by atoms with Gasteiger partial charge >= 0.3 is 5.97 Å². The Bertz CT molecular complexity index is 546. The molecule has 1 N–H and O–H groups in total. The van der Waals surface area contributed by atoms with E-state index in [1.807, 2.05) is 7.05 Å². The van der Waals surface area contributed by atoms with Crippen LogP contribution in [0.25, 0.3) is 0 Å². The minimum Gasteiger partial charge on any atom is -0.477 e. The van der Waals surface area contributed by atoms with E-state index >= 15 is 0 Å². The van der Waals surface area contributed by atoms with Gasteiger partial charge in [-0.3, -0.25) is 10.1 Å². The van der Waals surface area contributed by atoms with Gasteiger partial charge in [-0.05, 0) is 26.1 Å². The second-order valence-electron chi connectivity index (χ2n) is 5.07. The maximum atomic E-state index is 11.2. The highest BCUT2D eigenvalue weighted by Gasteiger charge is 2.25. The zero-order chi connectivity index (χ0) is 14.9. The number of benzene rings is 1. The van der Waals surface area contributed by atoms with Crippen LogP contribution in [0.2, 0.25) is 0 Å². The summed E-state index contributed by atoms with van der Waals surface area (Å²) in [5, 5.41) is 20.0. The highest BCUT2D eigenvalue weighted by atomic mass is 16.6. The third-order valence-corrected chi connectivity index (χ3v) is 3.57. The quantitative estimate of drug-likeness (QED) is 0.665. The number of likely N-dealkylation sites (N-methyl/N-ethyl adjacent to an activating group) is 1. The maximum Gasteiger partial charge on any atom is 0.342 e. The van der Waals surface area contributed by atoms with Crippen molar-refractivity contribution < 1.29 is 14.8 Å². The topological polar surface area (TPSA) is 86.9 Å². The third kappa shape index (κ3) is 2.72. The number of carboxylic acid groups (broad SMARTS) is 1. The first-order valence-electron chi connectivity index (χ1n) is 6.37. The standard InChI is InChI=1S/C13H17N3O4/c1-9-8-14(2)5-6-15(9)10-3-4-12(16(19)20)11(7-10)13(17)18/h3-4,7,9H,5-6,8H2,1-2H3,(H,17,18)/t9-/m1/s1. The van der Waals surface area contributed by atoms with Crippen molar-refractivity contribution in [3.8, 4) is 0 Å². The molecule has 1 fully saturated rings. The van der Waals surface area contributed by atoms with Crippen LogP contribution in [-0.2, 0) is 0 Å². The Morgan fingerprint density at radius 2 is 2.15 bits per heavy atom. The molecule has 20 heavy (non-hydrogen) atoms. The Kier molecular flexibility index (Phi) is 3.89. The molecule has 1 atom stereocenters. The number of anilines is 1. The van der Waals surface area contributed by atoms with Crippen molar-refractivity contribution in [1.29, 1.82) is 0 Å². The lowest BCUT2D eigenvalue weighted by Crippen LogP contribution is -2.50. The molecule has 0 aromatic heterocycles. The average Bonchev–Trinajstić information content (AvgIpc) is 2.37. The molecule has 0 saturated carbocycles. The Labute approximate surface area is 116 Å². The first-order chi connectivity index (χ1) is 9.40. The van der Waals surface area contributed by atoms with Crippen LogP contribution in [0.15, 0.2) is 18.2 Å². The molecule has 0 amide bonds. The van der Waals surface area contributed by atoms with Crippen molar-refractivity contribution in [3.05, 3.63) is 33.9 Å². The van der Waals surface area contributed by atoms with Crippen LogP contribution >= 0.6 is 0 Å². The molecule has 0 aliphatic carbocycles. The highest BCUT2D eigenvalue weighted by Crippen LogP contribution is 2.27. The van der Waals surface area contributed by atoms with Crippen molar-refractivity contribution in [3.63, 3.8) is 0 Å². The van der Waals surface area contributed by atoms with Crippen LogP contribution in [0.5, 0.6) is 0 Å². The van der Waals surface area contributed by atoms with E-state index in [-0.39, 0.29) is 17.3 Å². The molecule has 0 radical (unpaired) electrons. The van der Waals surface area contributed by atoms with Gasteiger partial charge < -0.3 is 14.9 Å². The van der Waals surface area contributed by atoms with Gasteiger partial charge in [-0.15, -0.1) is 0 Å². The molecule has 1 aliphatic rings. The number of nitro benzene ring substituents is 1. The van der Waals surface area contributed by atoms with Crippen LogP contribution in [0, 0.1) is 10.1 Å². The Hall–Kier alpha value is -2.15. The van der Waals surface area contributed by atoms with Crippen LogP contribution in [0.4, 0.5) is 11.4 Å². The summed E-state index contributed by atoms with van der Waals surface area (Å²) in [7, 11) is 2.03. The van der Waals surface area contributed by atoms with Gasteiger partial charge in [-0.2, -0.15) is 0 Å². The van der Waals surface area contributed by atoms with Crippen LogP contribution in [0.1, 0.15) is 17.3 Å². The lowest BCUT2D eigenvalue weighted by molar-refractivity contribution is -0.385. The summed E-state index contributed by atoms with van der Waals surface area (Å²) in [5.74, 6) is -1.28. The molecule has 0 unspecified atom stereocenters. The van der Waals surface area contributed by atoms with Gasteiger partial charge in [0.05, 0.1) is 4.92 Å². The molecule has 0 bridgehead atoms. The molecule has 1 heterocycles. The molecule has 1 aliphatic heterocycles. The summed E-state index contributed by atoms with van der Waals surface area (Å²) < 4.78 is 0. The zero-order valence-electron chi connectivity index (χ0n) is 11.4. The number of carboxylic acids is 1. The Morgan fingerprint density at radius 3 is 2.70 bits per heavy atom. The minimum atomic E-state index is -1.28. The van der Waals surface area contributed by atoms with Crippen LogP contribution in [-0.4, -0.2) is 53.6 Å². The summed E-state index contributed by atoms with van der Waals surface area (Å²) in [6.07, 6.45) is 0. The Morgan fingerprint density at radius 1 is 1.45 bits per heavy atom. The van der Waals surface area contributed by atoms with Crippen molar-refractivity contribution in [2.24, 2.45) is 0 Å². The van der Waals surface area contributed by atoms with E-state index in [2.05, 4.69) is 16.7 Å². The Balaban J connectivity index is 2.36. The van der Waals surface area contributed by atoms with E-state index in [9.17, 15) is 14.9 Å². The van der Waals surface area contributed by atoms with E-state index in [0.29, 0.717) is 5.69 Å². The lowest BCUT2D eigenvalue weighted by atomic mass is 10.1.